The first-order valence-electron chi connectivity index (χ1n) is 12.1. The van der Waals surface area contributed by atoms with Gasteiger partial charge in [-0.2, -0.15) is 26.3 Å². The lowest BCUT2D eigenvalue weighted by Gasteiger charge is -2.29. The van der Waals surface area contributed by atoms with E-state index in [1.807, 2.05) is 0 Å². The van der Waals surface area contributed by atoms with Gasteiger partial charge in [0.1, 0.15) is 0 Å². The molecule has 5 N–H and O–H groups in total. The Balaban J connectivity index is 0.000000449. The average molecular weight is 571 g/mol. The van der Waals surface area contributed by atoms with Crippen LogP contribution < -0.4 is 10.6 Å². The number of halogens is 6. The van der Waals surface area contributed by atoms with E-state index in [0.717, 1.165) is 32.1 Å². The first-order valence-corrected chi connectivity index (χ1v) is 12.1. The van der Waals surface area contributed by atoms with Gasteiger partial charge in [0.05, 0.1) is 6.54 Å². The summed E-state index contributed by atoms with van der Waals surface area (Å²) in [6, 6.07) is 12.2. The van der Waals surface area contributed by atoms with Crippen LogP contribution in [0.2, 0.25) is 0 Å². The molecule has 0 aromatic heterocycles. The molecular weight excluding hydrogens is 538 g/mol. The highest BCUT2D eigenvalue weighted by Gasteiger charge is 2.41. The summed E-state index contributed by atoms with van der Waals surface area (Å²) in [6.45, 7) is 2.33. The fourth-order valence-electron chi connectivity index (χ4n) is 4.02. The third kappa shape index (κ3) is 14.0. The molecule has 0 bridgehead atoms. The minimum absolute atomic E-state index is 0.0810. The van der Waals surface area contributed by atoms with Gasteiger partial charge in [0, 0.05) is 18.1 Å². The van der Waals surface area contributed by atoms with Crippen molar-refractivity contribution in [1.29, 1.82) is 0 Å². The molecule has 0 heterocycles. The number of carbonyl (C=O) groups is 3. The van der Waals surface area contributed by atoms with Crippen LogP contribution in [-0.4, -0.2) is 70.3 Å². The summed E-state index contributed by atoms with van der Waals surface area (Å²) in [5, 5.41) is 30.0. The van der Waals surface area contributed by atoms with Gasteiger partial charge in [-0.3, -0.25) is 4.79 Å². The first kappa shape index (κ1) is 33.9. The molecule has 220 valence electrons. The maximum atomic E-state index is 10.6. The summed E-state index contributed by atoms with van der Waals surface area (Å²) in [4.78, 5) is 28.4. The third-order valence-corrected chi connectivity index (χ3v) is 6.03. The molecule has 14 heteroatoms. The molecule has 3 rings (SSSR count). The second-order valence-electron chi connectivity index (χ2n) is 9.03. The van der Waals surface area contributed by atoms with Crippen molar-refractivity contribution >= 4 is 24.0 Å². The van der Waals surface area contributed by atoms with Gasteiger partial charge in [-0.15, -0.1) is 0 Å². The predicted molar refractivity (Wildman–Crippen MR) is 129 cm³/mol. The van der Waals surface area contributed by atoms with Crippen LogP contribution in [0.3, 0.4) is 0 Å². The van der Waals surface area contributed by atoms with E-state index in [1.54, 1.807) is 5.57 Å². The molecule has 39 heavy (non-hydrogen) atoms. The van der Waals surface area contributed by atoms with Gasteiger partial charge in [0.25, 0.3) is 0 Å². The number of aliphatic carboxylic acids is 3. The van der Waals surface area contributed by atoms with E-state index in [0.29, 0.717) is 24.0 Å². The topological polar surface area (TPSA) is 136 Å². The standard InChI is InChI=1S/C21H30N2O2.2C2HF3O2/c1-2-16(12-15-6-4-3-5-7-15)19-13-20(19)23-18-10-8-17(9-11-18)22-14-21(24)25;2*3-2(4,5)1(6)7/h3-7,12,17-20,22-23H,2,8-11,13-14H2,1H3,(H,24,25);2*(H,6,7)/t17-,18+,19-,20+;;/m0../s1. The number of alkyl halides is 6. The number of hydrogen-bond donors (Lipinski definition) is 5. The summed E-state index contributed by atoms with van der Waals surface area (Å²) >= 11 is 0. The number of hydrogen-bond acceptors (Lipinski definition) is 5. The normalized spacial score (nSPS) is 22.9. The van der Waals surface area contributed by atoms with Crippen LogP contribution in [0.1, 0.15) is 51.0 Å². The maximum absolute atomic E-state index is 10.6. The van der Waals surface area contributed by atoms with Crippen LogP contribution in [0, 0.1) is 5.92 Å². The molecule has 2 saturated carbocycles. The Bertz CT molecular complexity index is 936. The zero-order chi connectivity index (χ0) is 29.8. The molecule has 2 fully saturated rings. The Morgan fingerprint density at radius 2 is 1.33 bits per heavy atom. The van der Waals surface area contributed by atoms with Crippen molar-refractivity contribution < 1.29 is 56.0 Å². The molecule has 0 amide bonds. The molecule has 0 unspecified atom stereocenters. The van der Waals surface area contributed by atoms with E-state index < -0.39 is 30.3 Å². The lowest BCUT2D eigenvalue weighted by Crippen LogP contribution is -2.42. The van der Waals surface area contributed by atoms with Crippen molar-refractivity contribution in [2.45, 2.75) is 75.9 Å². The Kier molecular flexibility index (Phi) is 13.4. The second kappa shape index (κ2) is 15.5. The van der Waals surface area contributed by atoms with Crippen LogP contribution in [0.5, 0.6) is 0 Å². The van der Waals surface area contributed by atoms with E-state index in [4.69, 9.17) is 24.9 Å². The van der Waals surface area contributed by atoms with Crippen molar-refractivity contribution in [1.82, 2.24) is 10.6 Å². The van der Waals surface area contributed by atoms with E-state index in [9.17, 15) is 31.1 Å². The van der Waals surface area contributed by atoms with Crippen LogP contribution in [-0.2, 0) is 14.4 Å². The van der Waals surface area contributed by atoms with Crippen LogP contribution >= 0.6 is 0 Å². The lowest BCUT2D eigenvalue weighted by atomic mass is 9.91. The minimum atomic E-state index is -5.08. The molecule has 2 aliphatic rings. The van der Waals surface area contributed by atoms with Gasteiger partial charge < -0.3 is 26.0 Å². The molecule has 1 aromatic rings. The van der Waals surface area contributed by atoms with E-state index in [1.165, 1.54) is 12.0 Å². The first-order chi connectivity index (χ1) is 18.0. The average Bonchev–Trinajstić information content (AvgIpc) is 3.61. The van der Waals surface area contributed by atoms with E-state index in [2.05, 4.69) is 54.0 Å². The summed E-state index contributed by atoms with van der Waals surface area (Å²) in [5.74, 6) is -5.59. The van der Waals surface area contributed by atoms with Gasteiger partial charge in [-0.05, 0) is 50.0 Å². The fraction of sp³-hybridized carbons (Fsp3) is 0.560. The van der Waals surface area contributed by atoms with Crippen molar-refractivity contribution in [3.63, 3.8) is 0 Å². The highest BCUT2D eigenvalue weighted by molar-refractivity contribution is 5.73. The molecule has 0 saturated heterocycles. The second-order valence-corrected chi connectivity index (χ2v) is 9.03. The molecular formula is C25H32F6N2O6. The van der Waals surface area contributed by atoms with Crippen molar-refractivity contribution in [2.24, 2.45) is 5.92 Å². The van der Waals surface area contributed by atoms with Gasteiger partial charge in [0.2, 0.25) is 0 Å². The summed E-state index contributed by atoms with van der Waals surface area (Å²) in [5.41, 5.74) is 2.86. The SMILES string of the molecule is CCC(=Cc1ccccc1)[C@@H]1C[C@H]1N[C@H]1CC[C@@H](NCC(=O)O)CC1.O=C(O)C(F)(F)F.O=C(O)C(F)(F)F. The quantitative estimate of drug-likeness (QED) is 0.284. The minimum Gasteiger partial charge on any atom is -0.480 e. The van der Waals surface area contributed by atoms with Gasteiger partial charge in [0.15, 0.2) is 0 Å². The third-order valence-electron chi connectivity index (χ3n) is 6.03. The zero-order valence-corrected chi connectivity index (χ0v) is 21.1. The zero-order valence-electron chi connectivity index (χ0n) is 21.1. The largest absolute Gasteiger partial charge is 0.490 e. The van der Waals surface area contributed by atoms with Crippen LogP contribution in [0.15, 0.2) is 35.9 Å². The fourth-order valence-corrected chi connectivity index (χ4v) is 4.02. The Morgan fingerprint density at radius 1 is 0.872 bits per heavy atom. The molecule has 0 spiro atoms. The summed E-state index contributed by atoms with van der Waals surface area (Å²) in [7, 11) is 0. The van der Waals surface area contributed by atoms with Crippen molar-refractivity contribution in [2.75, 3.05) is 6.54 Å². The van der Waals surface area contributed by atoms with Crippen LogP contribution in [0.4, 0.5) is 26.3 Å². The number of benzene rings is 1. The molecule has 0 aliphatic heterocycles. The predicted octanol–water partition coefficient (Wildman–Crippen LogP) is 4.71. The van der Waals surface area contributed by atoms with Crippen molar-refractivity contribution in [3.05, 3.63) is 41.5 Å². The summed E-state index contributed by atoms with van der Waals surface area (Å²) in [6.07, 6.45) is -1.01. The Morgan fingerprint density at radius 3 is 1.74 bits per heavy atom. The van der Waals surface area contributed by atoms with E-state index >= 15 is 0 Å². The number of nitrogens with one attached hydrogen (secondary N) is 2. The number of rotatable bonds is 8. The molecule has 8 nitrogen and oxygen atoms in total. The lowest BCUT2D eigenvalue weighted by molar-refractivity contribution is -0.193. The van der Waals surface area contributed by atoms with Gasteiger partial charge >= 0.3 is 30.3 Å². The highest BCUT2D eigenvalue weighted by atomic mass is 19.4. The highest BCUT2D eigenvalue weighted by Crippen LogP contribution is 2.40. The smallest absolute Gasteiger partial charge is 0.480 e. The van der Waals surface area contributed by atoms with Gasteiger partial charge in [-0.1, -0.05) is 48.9 Å². The van der Waals surface area contributed by atoms with Gasteiger partial charge in [-0.25, -0.2) is 9.59 Å². The van der Waals surface area contributed by atoms with Crippen LogP contribution in [0.25, 0.3) is 6.08 Å². The number of carboxylic acids is 3. The monoisotopic (exact) mass is 570 g/mol. The summed E-state index contributed by atoms with van der Waals surface area (Å²) < 4.78 is 63.5. The van der Waals surface area contributed by atoms with Crippen molar-refractivity contribution in [3.8, 4) is 0 Å². The molecule has 0 radical (unpaired) electrons. The Hall–Kier alpha value is -3.13. The molecule has 1 aromatic carbocycles. The molecule has 2 aliphatic carbocycles. The maximum Gasteiger partial charge on any atom is 0.490 e. The molecule has 2 atom stereocenters. The van der Waals surface area contributed by atoms with E-state index in [-0.39, 0.29) is 6.54 Å². The Labute approximate surface area is 221 Å². The number of carboxylic acid groups (broad SMARTS) is 3.